The molecule has 0 amide bonds. The van der Waals surface area contributed by atoms with Crippen LogP contribution in [0.5, 0.6) is 0 Å². The first-order valence-electron chi connectivity index (χ1n) is 6.26. The van der Waals surface area contributed by atoms with Gasteiger partial charge < -0.3 is 5.32 Å². The molecule has 16 heavy (non-hydrogen) atoms. The van der Waals surface area contributed by atoms with Crippen LogP contribution in [0.4, 0.5) is 0 Å². The van der Waals surface area contributed by atoms with Crippen LogP contribution in [0.2, 0.25) is 0 Å². The maximum absolute atomic E-state index is 4.89. The van der Waals surface area contributed by atoms with Gasteiger partial charge in [-0.1, -0.05) is 13.8 Å². The highest BCUT2D eigenvalue weighted by Crippen LogP contribution is 2.48. The van der Waals surface area contributed by atoms with Crippen LogP contribution in [-0.2, 0) is 6.42 Å². The lowest BCUT2D eigenvalue weighted by Crippen LogP contribution is -2.30. The van der Waals surface area contributed by atoms with Crippen LogP contribution in [0.25, 0.3) is 0 Å². The van der Waals surface area contributed by atoms with Crippen molar-refractivity contribution in [2.24, 2.45) is 5.41 Å². The fourth-order valence-corrected chi connectivity index (χ4v) is 4.05. The van der Waals surface area contributed by atoms with E-state index in [1.165, 1.54) is 34.8 Å². The number of hydrogen-bond acceptors (Lipinski definition) is 3. The van der Waals surface area contributed by atoms with Crippen molar-refractivity contribution < 1.29 is 0 Å². The Bertz CT molecular complexity index is 404. The van der Waals surface area contributed by atoms with Crippen LogP contribution >= 0.6 is 11.3 Å². The Morgan fingerprint density at radius 3 is 2.75 bits per heavy atom. The van der Waals surface area contributed by atoms with Crippen molar-refractivity contribution in [2.75, 3.05) is 7.05 Å². The van der Waals surface area contributed by atoms with Crippen molar-refractivity contribution in [1.29, 1.82) is 0 Å². The van der Waals surface area contributed by atoms with Gasteiger partial charge in [-0.05, 0) is 38.1 Å². The minimum absolute atomic E-state index is 0.398. The topological polar surface area (TPSA) is 24.9 Å². The molecule has 1 saturated carbocycles. The second-order valence-corrected chi connectivity index (χ2v) is 7.09. The molecule has 2 aliphatic rings. The van der Waals surface area contributed by atoms with E-state index in [2.05, 4.69) is 26.2 Å². The SMILES string of the molecule is CNC1CC(C)(C)Cc2nc(C3CC3)sc21. The maximum Gasteiger partial charge on any atom is 0.0962 e. The molecule has 1 N–H and O–H groups in total. The first-order valence-corrected chi connectivity index (χ1v) is 7.07. The van der Waals surface area contributed by atoms with Gasteiger partial charge in [-0.25, -0.2) is 4.98 Å². The Labute approximate surface area is 101 Å². The van der Waals surface area contributed by atoms with E-state index in [1.807, 2.05) is 11.3 Å². The molecule has 3 heteroatoms. The number of nitrogens with zero attached hydrogens (tertiary/aromatic N) is 1. The Morgan fingerprint density at radius 2 is 2.12 bits per heavy atom. The van der Waals surface area contributed by atoms with Crippen molar-refractivity contribution in [1.82, 2.24) is 10.3 Å². The Morgan fingerprint density at radius 1 is 1.38 bits per heavy atom. The van der Waals surface area contributed by atoms with Crippen LogP contribution in [-0.4, -0.2) is 12.0 Å². The van der Waals surface area contributed by atoms with Crippen LogP contribution < -0.4 is 5.32 Å². The molecular weight excluding hydrogens is 216 g/mol. The molecule has 0 aromatic carbocycles. The molecule has 88 valence electrons. The summed E-state index contributed by atoms with van der Waals surface area (Å²) in [6.07, 6.45) is 5.12. The van der Waals surface area contributed by atoms with Crippen LogP contribution in [0.1, 0.15) is 60.6 Å². The summed E-state index contributed by atoms with van der Waals surface area (Å²) < 4.78 is 0. The summed E-state index contributed by atoms with van der Waals surface area (Å²) in [6.45, 7) is 4.72. The summed E-state index contributed by atoms with van der Waals surface area (Å²) in [4.78, 5) is 6.40. The molecule has 1 aromatic rings. The monoisotopic (exact) mass is 236 g/mol. The zero-order chi connectivity index (χ0) is 11.3. The highest BCUT2D eigenvalue weighted by atomic mass is 32.1. The molecule has 2 nitrogen and oxygen atoms in total. The van der Waals surface area contributed by atoms with E-state index in [-0.39, 0.29) is 0 Å². The van der Waals surface area contributed by atoms with Gasteiger partial charge in [-0.2, -0.15) is 0 Å². The number of fused-ring (bicyclic) bond motifs is 1. The van der Waals surface area contributed by atoms with Crippen molar-refractivity contribution >= 4 is 11.3 Å². The molecule has 1 heterocycles. The largest absolute Gasteiger partial charge is 0.312 e. The van der Waals surface area contributed by atoms with Crippen molar-refractivity contribution in [3.8, 4) is 0 Å². The predicted octanol–water partition coefficient (Wildman–Crippen LogP) is 3.25. The van der Waals surface area contributed by atoms with Crippen LogP contribution in [0, 0.1) is 5.41 Å². The average Bonchev–Trinajstić information content (AvgIpc) is 2.97. The van der Waals surface area contributed by atoms with Crippen LogP contribution in [0.15, 0.2) is 0 Å². The number of rotatable bonds is 2. The molecule has 1 fully saturated rings. The van der Waals surface area contributed by atoms with E-state index in [9.17, 15) is 0 Å². The van der Waals surface area contributed by atoms with Gasteiger partial charge in [-0.3, -0.25) is 0 Å². The number of aromatic nitrogens is 1. The second kappa shape index (κ2) is 3.54. The van der Waals surface area contributed by atoms with Gasteiger partial charge in [0.05, 0.1) is 10.7 Å². The van der Waals surface area contributed by atoms with Crippen LogP contribution in [0.3, 0.4) is 0 Å². The standard InChI is InChI=1S/C13H20N2S/c1-13(2)6-9(14-3)11-10(7-13)15-12(16-11)8-4-5-8/h8-9,14H,4-7H2,1-3H3. The van der Waals surface area contributed by atoms with Crippen molar-refractivity contribution in [2.45, 2.75) is 51.5 Å². The summed E-state index contributed by atoms with van der Waals surface area (Å²) in [5.74, 6) is 0.802. The molecule has 0 saturated heterocycles. The van der Waals surface area contributed by atoms with Gasteiger partial charge in [0.15, 0.2) is 0 Å². The number of nitrogens with one attached hydrogen (secondary N) is 1. The minimum Gasteiger partial charge on any atom is -0.312 e. The third-order valence-electron chi connectivity index (χ3n) is 3.74. The maximum atomic E-state index is 4.89. The van der Waals surface area contributed by atoms with Gasteiger partial charge in [0.2, 0.25) is 0 Å². The first-order chi connectivity index (χ1) is 7.59. The summed E-state index contributed by atoms with van der Waals surface area (Å²) in [5, 5.41) is 4.86. The van der Waals surface area contributed by atoms with Gasteiger partial charge in [0.1, 0.15) is 0 Å². The third-order valence-corrected chi connectivity index (χ3v) is 5.11. The molecular formula is C13H20N2S. The number of thiazole rings is 1. The quantitative estimate of drug-likeness (QED) is 0.852. The summed E-state index contributed by atoms with van der Waals surface area (Å²) in [6, 6.07) is 0.531. The molecule has 0 radical (unpaired) electrons. The summed E-state index contributed by atoms with van der Waals surface area (Å²) in [7, 11) is 2.08. The smallest absolute Gasteiger partial charge is 0.0962 e. The van der Waals surface area contributed by atoms with E-state index in [0.717, 1.165) is 12.3 Å². The second-order valence-electron chi connectivity index (χ2n) is 6.02. The Kier molecular flexibility index (Phi) is 2.37. The zero-order valence-corrected chi connectivity index (χ0v) is 11.2. The Hall–Kier alpha value is -0.410. The molecule has 0 aliphatic heterocycles. The lowest BCUT2D eigenvalue weighted by atomic mass is 9.76. The summed E-state index contributed by atoms with van der Waals surface area (Å²) in [5.41, 5.74) is 1.78. The van der Waals surface area contributed by atoms with Crippen molar-refractivity contribution in [3.63, 3.8) is 0 Å². The molecule has 2 aliphatic carbocycles. The predicted molar refractivity (Wildman–Crippen MR) is 68.0 cm³/mol. The summed E-state index contributed by atoms with van der Waals surface area (Å²) >= 11 is 1.97. The zero-order valence-electron chi connectivity index (χ0n) is 10.3. The fourth-order valence-electron chi connectivity index (χ4n) is 2.69. The van der Waals surface area contributed by atoms with Gasteiger partial charge >= 0.3 is 0 Å². The minimum atomic E-state index is 0.398. The molecule has 1 atom stereocenters. The highest BCUT2D eigenvalue weighted by molar-refractivity contribution is 7.12. The van der Waals surface area contributed by atoms with Gasteiger partial charge in [0, 0.05) is 16.8 Å². The molecule has 0 bridgehead atoms. The average molecular weight is 236 g/mol. The molecule has 1 unspecified atom stereocenters. The van der Waals surface area contributed by atoms with E-state index in [4.69, 9.17) is 4.98 Å². The van der Waals surface area contributed by atoms with Crippen molar-refractivity contribution in [3.05, 3.63) is 15.6 Å². The molecule has 0 spiro atoms. The van der Waals surface area contributed by atoms with E-state index >= 15 is 0 Å². The normalized spacial score (nSPS) is 27.8. The lowest BCUT2D eigenvalue weighted by Gasteiger charge is -2.34. The lowest BCUT2D eigenvalue weighted by molar-refractivity contribution is 0.265. The van der Waals surface area contributed by atoms with Gasteiger partial charge in [0.25, 0.3) is 0 Å². The highest BCUT2D eigenvalue weighted by Gasteiger charge is 2.36. The van der Waals surface area contributed by atoms with E-state index < -0.39 is 0 Å². The third kappa shape index (κ3) is 1.80. The Balaban J connectivity index is 1.97. The van der Waals surface area contributed by atoms with Gasteiger partial charge in [-0.15, -0.1) is 11.3 Å². The first kappa shape index (κ1) is 10.7. The number of hydrogen-bond donors (Lipinski definition) is 1. The molecule has 3 rings (SSSR count). The van der Waals surface area contributed by atoms with E-state index in [1.54, 1.807) is 0 Å². The molecule has 1 aromatic heterocycles. The van der Waals surface area contributed by atoms with E-state index in [0.29, 0.717) is 11.5 Å². The fraction of sp³-hybridized carbons (Fsp3) is 0.769.